The van der Waals surface area contributed by atoms with Gasteiger partial charge in [-0.25, -0.2) is 0 Å². The zero-order valence-corrected chi connectivity index (χ0v) is 16.8. The van der Waals surface area contributed by atoms with Crippen LogP contribution in [-0.2, 0) is 6.54 Å². The van der Waals surface area contributed by atoms with Gasteiger partial charge in [-0.15, -0.1) is 0 Å². The molecule has 2 amide bonds. The maximum atomic E-state index is 12.7. The van der Waals surface area contributed by atoms with Gasteiger partial charge in [-0.1, -0.05) is 47.6 Å². The summed E-state index contributed by atoms with van der Waals surface area (Å²) in [4.78, 5) is 26.2. The second-order valence-electron chi connectivity index (χ2n) is 7.19. The van der Waals surface area contributed by atoms with E-state index in [1.54, 1.807) is 44.4 Å². The van der Waals surface area contributed by atoms with E-state index < -0.39 is 0 Å². The van der Waals surface area contributed by atoms with E-state index >= 15 is 0 Å². The van der Waals surface area contributed by atoms with Crippen molar-refractivity contribution in [2.45, 2.75) is 6.54 Å². The minimum Gasteiger partial charge on any atom is -0.355 e. The van der Waals surface area contributed by atoms with Crippen molar-refractivity contribution in [2.75, 3.05) is 14.1 Å². The molecule has 0 unspecified atom stereocenters. The van der Waals surface area contributed by atoms with Crippen molar-refractivity contribution in [1.29, 1.82) is 0 Å². The minimum absolute atomic E-state index is 0.0539. The molecule has 0 bridgehead atoms. The molecule has 0 aliphatic heterocycles. The largest absolute Gasteiger partial charge is 0.355 e. The molecular weight excluding hydrogens is 378 g/mol. The molecule has 3 aromatic carbocycles. The molecule has 0 saturated heterocycles. The smallest absolute Gasteiger partial charge is 0.253 e. The topological polar surface area (TPSA) is 75.4 Å². The van der Waals surface area contributed by atoms with Crippen LogP contribution in [0.4, 0.5) is 0 Å². The number of benzene rings is 3. The first-order valence-electron chi connectivity index (χ1n) is 9.56. The summed E-state index contributed by atoms with van der Waals surface area (Å²) >= 11 is 0. The van der Waals surface area contributed by atoms with E-state index in [1.165, 1.54) is 4.90 Å². The number of hydrogen-bond donors (Lipinski definition) is 1. The van der Waals surface area contributed by atoms with Crippen LogP contribution >= 0.6 is 0 Å². The standard InChI is InChI=1S/C24H21N3O3/c1-27(2)24(29)18-10-8-16(9-11-18)15-25-23(28)19-12-13-21-20(14-19)22(30-26-21)17-6-4-3-5-7-17/h3-14H,15H2,1-2H3,(H,25,28). The summed E-state index contributed by atoms with van der Waals surface area (Å²) in [5, 5.41) is 7.80. The van der Waals surface area contributed by atoms with Gasteiger partial charge in [0.2, 0.25) is 0 Å². The maximum Gasteiger partial charge on any atom is 0.253 e. The van der Waals surface area contributed by atoms with Crippen molar-refractivity contribution in [1.82, 2.24) is 15.4 Å². The average molecular weight is 399 g/mol. The second kappa shape index (κ2) is 8.21. The number of carbonyl (C=O) groups is 2. The molecule has 1 heterocycles. The number of carbonyl (C=O) groups excluding carboxylic acids is 2. The SMILES string of the molecule is CN(C)C(=O)c1ccc(CNC(=O)c2ccc3noc(-c4ccccc4)c3c2)cc1. The summed E-state index contributed by atoms with van der Waals surface area (Å²) in [6.45, 7) is 0.364. The Morgan fingerprint density at radius 1 is 0.933 bits per heavy atom. The fourth-order valence-electron chi connectivity index (χ4n) is 3.19. The van der Waals surface area contributed by atoms with Crippen molar-refractivity contribution in [3.05, 3.63) is 89.5 Å². The summed E-state index contributed by atoms with van der Waals surface area (Å²) in [7, 11) is 3.43. The lowest BCUT2D eigenvalue weighted by Gasteiger charge is -2.11. The number of nitrogens with one attached hydrogen (secondary N) is 1. The molecule has 30 heavy (non-hydrogen) atoms. The van der Waals surface area contributed by atoms with Gasteiger partial charge < -0.3 is 14.7 Å². The van der Waals surface area contributed by atoms with Gasteiger partial charge in [0, 0.05) is 37.3 Å². The van der Waals surface area contributed by atoms with Crippen LogP contribution < -0.4 is 5.32 Å². The van der Waals surface area contributed by atoms with Crippen LogP contribution in [-0.4, -0.2) is 36.0 Å². The highest BCUT2D eigenvalue weighted by atomic mass is 16.5. The van der Waals surface area contributed by atoms with E-state index in [0.717, 1.165) is 16.5 Å². The molecule has 4 aromatic rings. The minimum atomic E-state index is -0.189. The van der Waals surface area contributed by atoms with Crippen molar-refractivity contribution in [3.63, 3.8) is 0 Å². The molecule has 0 aliphatic carbocycles. The van der Waals surface area contributed by atoms with Crippen molar-refractivity contribution in [2.24, 2.45) is 0 Å². The molecule has 6 heteroatoms. The summed E-state index contributed by atoms with van der Waals surface area (Å²) in [6, 6.07) is 22.2. The number of nitrogens with zero attached hydrogens (tertiary/aromatic N) is 2. The number of hydrogen-bond acceptors (Lipinski definition) is 4. The molecule has 150 valence electrons. The third-order valence-corrected chi connectivity index (χ3v) is 4.83. The highest BCUT2D eigenvalue weighted by Crippen LogP contribution is 2.29. The summed E-state index contributed by atoms with van der Waals surface area (Å²) < 4.78 is 5.50. The Kier molecular flexibility index (Phi) is 5.30. The third kappa shape index (κ3) is 3.93. The van der Waals surface area contributed by atoms with Gasteiger partial charge in [0.05, 0.1) is 5.39 Å². The number of rotatable bonds is 5. The third-order valence-electron chi connectivity index (χ3n) is 4.83. The molecule has 0 radical (unpaired) electrons. The fraction of sp³-hybridized carbons (Fsp3) is 0.125. The van der Waals surface area contributed by atoms with Crippen molar-refractivity contribution >= 4 is 22.7 Å². The lowest BCUT2D eigenvalue weighted by molar-refractivity contribution is 0.0827. The van der Waals surface area contributed by atoms with E-state index in [4.69, 9.17) is 4.52 Å². The van der Waals surface area contributed by atoms with Crippen LogP contribution in [0.25, 0.3) is 22.2 Å². The van der Waals surface area contributed by atoms with Crippen LogP contribution in [0.1, 0.15) is 26.3 Å². The molecule has 1 aromatic heterocycles. The Balaban J connectivity index is 1.49. The highest BCUT2D eigenvalue weighted by molar-refractivity contribution is 6.01. The lowest BCUT2D eigenvalue weighted by atomic mass is 10.1. The van der Waals surface area contributed by atoms with Gasteiger partial charge in [-0.2, -0.15) is 0 Å². The van der Waals surface area contributed by atoms with E-state index in [1.807, 2.05) is 42.5 Å². The fourth-order valence-corrected chi connectivity index (χ4v) is 3.19. The average Bonchev–Trinajstić information content (AvgIpc) is 3.21. The van der Waals surface area contributed by atoms with Gasteiger partial charge in [-0.05, 0) is 35.9 Å². The number of fused-ring (bicyclic) bond motifs is 1. The van der Waals surface area contributed by atoms with Gasteiger partial charge in [0.25, 0.3) is 11.8 Å². The van der Waals surface area contributed by atoms with Crippen LogP contribution in [0, 0.1) is 0 Å². The van der Waals surface area contributed by atoms with Crippen LogP contribution in [0.2, 0.25) is 0 Å². The van der Waals surface area contributed by atoms with E-state index in [2.05, 4.69) is 10.5 Å². The molecule has 0 saturated carbocycles. The molecule has 0 aliphatic rings. The van der Waals surface area contributed by atoms with Crippen LogP contribution in [0.5, 0.6) is 0 Å². The predicted molar refractivity (Wildman–Crippen MR) is 115 cm³/mol. The Hall–Kier alpha value is -3.93. The molecule has 6 nitrogen and oxygen atoms in total. The predicted octanol–water partition coefficient (Wildman–Crippen LogP) is 4.13. The summed E-state index contributed by atoms with van der Waals surface area (Å²) in [6.07, 6.45) is 0. The monoisotopic (exact) mass is 399 g/mol. The first-order chi connectivity index (χ1) is 14.5. The molecule has 0 atom stereocenters. The second-order valence-corrected chi connectivity index (χ2v) is 7.19. The van der Waals surface area contributed by atoms with Gasteiger partial charge >= 0.3 is 0 Å². The molecule has 0 fully saturated rings. The summed E-state index contributed by atoms with van der Waals surface area (Å²) in [5.74, 6) is 0.397. The number of amides is 2. The quantitative estimate of drug-likeness (QED) is 0.548. The van der Waals surface area contributed by atoms with Gasteiger partial charge in [0.15, 0.2) is 5.76 Å². The van der Waals surface area contributed by atoms with E-state index in [-0.39, 0.29) is 11.8 Å². The van der Waals surface area contributed by atoms with E-state index in [0.29, 0.717) is 28.9 Å². The van der Waals surface area contributed by atoms with Crippen LogP contribution in [0.15, 0.2) is 77.3 Å². The van der Waals surface area contributed by atoms with Crippen LogP contribution in [0.3, 0.4) is 0 Å². The maximum absolute atomic E-state index is 12.7. The van der Waals surface area contributed by atoms with Gasteiger partial charge in [-0.3, -0.25) is 9.59 Å². The normalized spacial score (nSPS) is 10.7. The first-order valence-corrected chi connectivity index (χ1v) is 9.56. The zero-order valence-electron chi connectivity index (χ0n) is 16.8. The lowest BCUT2D eigenvalue weighted by Crippen LogP contribution is -2.23. The summed E-state index contributed by atoms with van der Waals surface area (Å²) in [5.41, 5.74) is 3.66. The molecular formula is C24H21N3O3. The molecule has 1 N–H and O–H groups in total. The highest BCUT2D eigenvalue weighted by Gasteiger charge is 2.14. The van der Waals surface area contributed by atoms with E-state index in [9.17, 15) is 9.59 Å². The Labute approximate surface area is 174 Å². The zero-order chi connectivity index (χ0) is 21.1. The molecule has 4 rings (SSSR count). The van der Waals surface area contributed by atoms with Gasteiger partial charge in [0.1, 0.15) is 5.52 Å². The molecule has 0 spiro atoms. The first kappa shape index (κ1) is 19.4. The Bertz CT molecular complexity index is 1200. The Morgan fingerprint density at radius 2 is 1.63 bits per heavy atom. The Morgan fingerprint density at radius 3 is 2.33 bits per heavy atom. The van der Waals surface area contributed by atoms with Crippen molar-refractivity contribution in [3.8, 4) is 11.3 Å². The number of aromatic nitrogens is 1. The van der Waals surface area contributed by atoms with Crippen molar-refractivity contribution < 1.29 is 14.1 Å².